The number of benzene rings is 1. The number of methoxy groups -OCH3 is 1. The molecular formula is C25H28N4O2S. The van der Waals surface area contributed by atoms with Crippen LogP contribution in [0.2, 0.25) is 0 Å². The van der Waals surface area contributed by atoms with Crippen LogP contribution in [-0.4, -0.2) is 47.5 Å². The highest BCUT2D eigenvalue weighted by atomic mass is 32.1. The van der Waals surface area contributed by atoms with Crippen LogP contribution in [0.3, 0.4) is 0 Å². The van der Waals surface area contributed by atoms with Crippen LogP contribution in [-0.2, 0) is 0 Å². The van der Waals surface area contributed by atoms with Gasteiger partial charge in [-0.25, -0.2) is 4.98 Å². The van der Waals surface area contributed by atoms with E-state index < -0.39 is 0 Å². The third kappa shape index (κ3) is 5.60. The van der Waals surface area contributed by atoms with Crippen molar-refractivity contribution >= 4 is 23.3 Å². The summed E-state index contributed by atoms with van der Waals surface area (Å²) >= 11 is 1.59. The standard InChI is InChI=1S/C25H28N4O2S/c1-31-22-12-3-2-8-19(22)9-6-15-29-16-7-10-20(18-29)23(25-27-14-17-32-25)28-24(30)21-11-4-5-13-26-21/h2-6,8-9,11-14,17,20,23H,7,10,15-16,18H2,1H3,(H,28,30)/b9-6+/t20-,23+/m0/s1. The zero-order chi connectivity index (χ0) is 22.2. The molecule has 1 N–H and O–H groups in total. The Morgan fingerprint density at radius 1 is 1.25 bits per heavy atom. The zero-order valence-electron chi connectivity index (χ0n) is 18.2. The van der Waals surface area contributed by atoms with E-state index in [1.807, 2.05) is 35.7 Å². The second-order valence-corrected chi connectivity index (χ2v) is 8.77. The number of nitrogens with one attached hydrogen (secondary N) is 1. The second kappa shape index (κ2) is 11.0. The van der Waals surface area contributed by atoms with E-state index in [2.05, 4.69) is 38.4 Å². The molecule has 0 aliphatic carbocycles. The Morgan fingerprint density at radius 3 is 2.91 bits per heavy atom. The first-order chi connectivity index (χ1) is 15.7. The molecule has 0 bridgehead atoms. The van der Waals surface area contributed by atoms with Gasteiger partial charge in [-0.1, -0.05) is 36.4 Å². The molecule has 2 aromatic heterocycles. The predicted octanol–water partition coefficient (Wildman–Crippen LogP) is 4.44. The summed E-state index contributed by atoms with van der Waals surface area (Å²) in [5.41, 5.74) is 1.51. The third-order valence-electron chi connectivity index (χ3n) is 5.71. The molecule has 6 nitrogen and oxygen atoms in total. The van der Waals surface area contributed by atoms with Crippen molar-refractivity contribution in [2.24, 2.45) is 5.92 Å². The van der Waals surface area contributed by atoms with Crippen LogP contribution < -0.4 is 10.1 Å². The number of para-hydroxylation sites is 1. The predicted molar refractivity (Wildman–Crippen MR) is 128 cm³/mol. The molecule has 3 aromatic rings. The smallest absolute Gasteiger partial charge is 0.270 e. The maximum Gasteiger partial charge on any atom is 0.270 e. The summed E-state index contributed by atoms with van der Waals surface area (Å²) in [5.74, 6) is 1.02. The molecule has 166 valence electrons. The fourth-order valence-corrected chi connectivity index (χ4v) is 4.92. The van der Waals surface area contributed by atoms with Gasteiger partial charge in [0.05, 0.1) is 13.2 Å². The van der Waals surface area contributed by atoms with Crippen molar-refractivity contribution < 1.29 is 9.53 Å². The topological polar surface area (TPSA) is 67.3 Å². The van der Waals surface area contributed by atoms with Gasteiger partial charge in [-0.05, 0) is 43.5 Å². The fraction of sp³-hybridized carbons (Fsp3) is 0.320. The van der Waals surface area contributed by atoms with Crippen molar-refractivity contribution in [3.63, 3.8) is 0 Å². The Labute approximate surface area is 193 Å². The highest BCUT2D eigenvalue weighted by Crippen LogP contribution is 2.31. The second-order valence-electron chi connectivity index (χ2n) is 7.84. The minimum atomic E-state index is -0.154. The van der Waals surface area contributed by atoms with Crippen molar-refractivity contribution in [1.29, 1.82) is 0 Å². The first-order valence-electron chi connectivity index (χ1n) is 10.9. The molecule has 1 aliphatic heterocycles. The summed E-state index contributed by atoms with van der Waals surface area (Å²) in [4.78, 5) is 24.0. The SMILES string of the molecule is COc1ccccc1/C=C/CN1CCC[C@H]([C@@H](NC(=O)c2ccccn2)c2nccs2)C1. The largest absolute Gasteiger partial charge is 0.496 e. The van der Waals surface area contributed by atoms with Crippen molar-refractivity contribution in [2.45, 2.75) is 18.9 Å². The van der Waals surface area contributed by atoms with Crippen LogP contribution in [0.5, 0.6) is 5.75 Å². The summed E-state index contributed by atoms with van der Waals surface area (Å²) < 4.78 is 5.44. The maximum absolute atomic E-state index is 12.8. The number of carbonyl (C=O) groups excluding carboxylic acids is 1. The Bertz CT molecular complexity index is 1020. The zero-order valence-corrected chi connectivity index (χ0v) is 19.0. The first-order valence-corrected chi connectivity index (χ1v) is 11.8. The number of aromatic nitrogens is 2. The number of likely N-dealkylation sites (tertiary alicyclic amines) is 1. The summed E-state index contributed by atoms with van der Waals surface area (Å²) in [7, 11) is 1.69. The van der Waals surface area contributed by atoms with Crippen LogP contribution >= 0.6 is 11.3 Å². The van der Waals surface area contributed by atoms with E-state index >= 15 is 0 Å². The molecule has 0 saturated carbocycles. The molecular weight excluding hydrogens is 420 g/mol. The number of thiazole rings is 1. The average Bonchev–Trinajstić information content (AvgIpc) is 3.38. The fourth-order valence-electron chi connectivity index (χ4n) is 4.14. The van der Waals surface area contributed by atoms with Gasteiger partial charge in [0, 0.05) is 36.4 Å². The normalized spacial score (nSPS) is 17.8. The molecule has 1 saturated heterocycles. The van der Waals surface area contributed by atoms with E-state index in [0.29, 0.717) is 11.6 Å². The van der Waals surface area contributed by atoms with Crippen LogP contribution in [0.1, 0.15) is 39.9 Å². The molecule has 2 atom stereocenters. The molecule has 1 aliphatic rings. The lowest BCUT2D eigenvalue weighted by Gasteiger charge is -2.36. The van der Waals surface area contributed by atoms with Crippen LogP contribution in [0.15, 0.2) is 66.3 Å². The molecule has 4 rings (SSSR count). The lowest BCUT2D eigenvalue weighted by molar-refractivity contribution is 0.0884. The average molecular weight is 449 g/mol. The Balaban J connectivity index is 1.43. The third-order valence-corrected chi connectivity index (χ3v) is 6.57. The number of nitrogens with zero attached hydrogens (tertiary/aromatic N) is 3. The van der Waals surface area contributed by atoms with E-state index in [4.69, 9.17) is 4.74 Å². The van der Waals surface area contributed by atoms with Crippen molar-refractivity contribution in [1.82, 2.24) is 20.2 Å². The highest BCUT2D eigenvalue weighted by molar-refractivity contribution is 7.09. The van der Waals surface area contributed by atoms with Crippen molar-refractivity contribution in [3.05, 3.63) is 82.6 Å². The number of hydrogen-bond acceptors (Lipinski definition) is 6. The van der Waals surface area contributed by atoms with Crippen LogP contribution in [0.4, 0.5) is 0 Å². The number of ether oxygens (including phenoxy) is 1. The van der Waals surface area contributed by atoms with E-state index in [1.165, 1.54) is 0 Å². The molecule has 0 radical (unpaired) electrons. The molecule has 1 fully saturated rings. The van der Waals surface area contributed by atoms with Crippen LogP contribution in [0, 0.1) is 5.92 Å². The Morgan fingerprint density at radius 2 is 2.12 bits per heavy atom. The van der Waals surface area contributed by atoms with Gasteiger partial charge in [0.25, 0.3) is 5.91 Å². The lowest BCUT2D eigenvalue weighted by atomic mass is 9.90. The first kappa shape index (κ1) is 22.2. The van der Waals surface area contributed by atoms with Gasteiger partial charge in [-0.15, -0.1) is 11.3 Å². The van der Waals surface area contributed by atoms with E-state index in [9.17, 15) is 4.79 Å². The highest BCUT2D eigenvalue weighted by Gasteiger charge is 2.31. The van der Waals surface area contributed by atoms with Gasteiger partial charge < -0.3 is 10.1 Å². The number of pyridine rings is 1. The van der Waals surface area contributed by atoms with E-state index in [1.54, 1.807) is 36.9 Å². The monoisotopic (exact) mass is 448 g/mol. The van der Waals surface area contributed by atoms with Gasteiger partial charge in [0.1, 0.15) is 16.5 Å². The van der Waals surface area contributed by atoms with Gasteiger partial charge in [0.15, 0.2) is 0 Å². The lowest BCUT2D eigenvalue weighted by Crippen LogP contribution is -2.43. The molecule has 1 amide bonds. The summed E-state index contributed by atoms with van der Waals surface area (Å²) in [6.07, 6.45) is 9.89. The molecule has 0 spiro atoms. The maximum atomic E-state index is 12.8. The summed E-state index contributed by atoms with van der Waals surface area (Å²) in [5, 5.41) is 6.12. The van der Waals surface area contributed by atoms with E-state index in [-0.39, 0.29) is 11.9 Å². The quantitative estimate of drug-likeness (QED) is 0.552. The van der Waals surface area contributed by atoms with Crippen molar-refractivity contribution in [3.8, 4) is 5.75 Å². The summed E-state index contributed by atoms with van der Waals surface area (Å²) in [6, 6.07) is 13.3. The minimum absolute atomic E-state index is 0.120. The molecule has 0 unspecified atom stereocenters. The minimum Gasteiger partial charge on any atom is -0.496 e. The van der Waals surface area contributed by atoms with Gasteiger partial charge in [-0.3, -0.25) is 14.7 Å². The Hall–Kier alpha value is -3.03. The molecule has 1 aromatic carbocycles. The number of amides is 1. The molecule has 7 heteroatoms. The number of hydrogen-bond donors (Lipinski definition) is 1. The van der Waals surface area contributed by atoms with Gasteiger partial charge >= 0.3 is 0 Å². The van der Waals surface area contributed by atoms with E-state index in [0.717, 1.165) is 48.8 Å². The van der Waals surface area contributed by atoms with Crippen molar-refractivity contribution in [2.75, 3.05) is 26.7 Å². The number of rotatable bonds is 8. The number of carbonyl (C=O) groups is 1. The number of piperidine rings is 1. The van der Waals surface area contributed by atoms with Crippen LogP contribution in [0.25, 0.3) is 6.08 Å². The molecule has 32 heavy (non-hydrogen) atoms. The van der Waals surface area contributed by atoms with Gasteiger partial charge in [0.2, 0.25) is 0 Å². The molecule has 3 heterocycles. The summed E-state index contributed by atoms with van der Waals surface area (Å²) in [6.45, 7) is 2.81. The van der Waals surface area contributed by atoms with Gasteiger partial charge in [-0.2, -0.15) is 0 Å². The Kier molecular flexibility index (Phi) is 7.64.